The lowest BCUT2D eigenvalue weighted by molar-refractivity contribution is 0.253. The third kappa shape index (κ3) is 3.37. The summed E-state index contributed by atoms with van der Waals surface area (Å²) >= 11 is 0. The van der Waals surface area contributed by atoms with Crippen molar-refractivity contribution in [2.24, 2.45) is 0 Å². The second kappa shape index (κ2) is 7.61. The summed E-state index contributed by atoms with van der Waals surface area (Å²) < 4.78 is 27.7. The van der Waals surface area contributed by atoms with Crippen molar-refractivity contribution in [3.05, 3.63) is 89.5 Å². The summed E-state index contributed by atoms with van der Waals surface area (Å²) in [5.41, 5.74) is 3.84. The lowest BCUT2D eigenvalue weighted by atomic mass is 10.0. The normalized spacial score (nSPS) is 15.4. The molecule has 4 rings (SSSR count). The average Bonchev–Trinajstić information content (AvgIpc) is 2.73. The van der Waals surface area contributed by atoms with Crippen LogP contribution in [-0.2, 0) is 16.6 Å². The Kier molecular flexibility index (Phi) is 5.12. The first-order valence-corrected chi connectivity index (χ1v) is 11.3. The van der Waals surface area contributed by atoms with Crippen molar-refractivity contribution in [2.45, 2.75) is 38.1 Å². The van der Waals surface area contributed by atoms with Crippen LogP contribution in [0, 0.1) is 6.92 Å². The Morgan fingerprint density at radius 2 is 1.50 bits per heavy atom. The molecule has 1 aliphatic rings. The van der Waals surface area contributed by atoms with Crippen molar-refractivity contribution in [1.82, 2.24) is 0 Å². The number of urea groups is 1. The number of sulfonamides is 1. The molecule has 154 valence electrons. The maximum absolute atomic E-state index is 13.5. The number of hydrogen-bond donors (Lipinski definition) is 0. The predicted molar refractivity (Wildman–Crippen MR) is 119 cm³/mol. The molecule has 0 bridgehead atoms. The van der Waals surface area contributed by atoms with Gasteiger partial charge >= 0.3 is 6.03 Å². The first kappa shape index (κ1) is 20.2. The highest BCUT2D eigenvalue weighted by Crippen LogP contribution is 2.38. The second-order valence-corrected chi connectivity index (χ2v) is 9.53. The van der Waals surface area contributed by atoms with Crippen LogP contribution in [0.25, 0.3) is 0 Å². The summed E-state index contributed by atoms with van der Waals surface area (Å²) in [6, 6.07) is 21.0. The standard InChI is InChI=1S/C24H24N2O3S/c1-17(2)19-12-14-21(15-13-19)26-24(27)25(16-20-9-5-4-8-18(20)3)22-10-6-7-11-23(22)30(26,28)29/h4-15,17H,16H2,1-3H3. The van der Waals surface area contributed by atoms with Gasteiger partial charge in [0.05, 0.1) is 17.9 Å². The fraction of sp³-hybridized carbons (Fsp3) is 0.208. The van der Waals surface area contributed by atoms with E-state index in [1.165, 1.54) is 4.90 Å². The summed E-state index contributed by atoms with van der Waals surface area (Å²) in [5.74, 6) is 0.311. The molecule has 0 spiro atoms. The third-order valence-corrected chi connectivity index (χ3v) is 7.21. The van der Waals surface area contributed by atoms with E-state index in [1.807, 2.05) is 43.3 Å². The SMILES string of the molecule is Cc1ccccc1CN1C(=O)N(c2ccc(C(C)C)cc2)S(=O)(=O)c2ccccc21. The molecule has 6 heteroatoms. The first-order chi connectivity index (χ1) is 14.3. The van der Waals surface area contributed by atoms with Crippen LogP contribution in [0.4, 0.5) is 16.2 Å². The highest BCUT2D eigenvalue weighted by Gasteiger charge is 2.42. The van der Waals surface area contributed by atoms with Crippen LogP contribution in [0.2, 0.25) is 0 Å². The van der Waals surface area contributed by atoms with Gasteiger partial charge in [0, 0.05) is 0 Å². The van der Waals surface area contributed by atoms with Gasteiger partial charge in [-0.3, -0.25) is 4.90 Å². The van der Waals surface area contributed by atoms with Gasteiger partial charge in [-0.15, -0.1) is 0 Å². The number of amides is 2. The van der Waals surface area contributed by atoms with Crippen LogP contribution < -0.4 is 9.21 Å². The molecule has 0 radical (unpaired) electrons. The minimum Gasteiger partial charge on any atom is -0.287 e. The van der Waals surface area contributed by atoms with Crippen LogP contribution in [0.1, 0.15) is 36.5 Å². The largest absolute Gasteiger partial charge is 0.343 e. The Morgan fingerprint density at radius 3 is 2.17 bits per heavy atom. The Bertz CT molecular complexity index is 1200. The zero-order valence-corrected chi connectivity index (χ0v) is 18.1. The molecule has 0 unspecified atom stereocenters. The fourth-order valence-corrected chi connectivity index (χ4v) is 5.26. The number of hydrogen-bond acceptors (Lipinski definition) is 3. The molecular weight excluding hydrogens is 396 g/mol. The highest BCUT2D eigenvalue weighted by atomic mass is 32.2. The summed E-state index contributed by atoms with van der Waals surface area (Å²) in [4.78, 5) is 15.2. The molecule has 3 aromatic carbocycles. The summed E-state index contributed by atoms with van der Waals surface area (Å²) in [7, 11) is -4.01. The maximum Gasteiger partial charge on any atom is 0.343 e. The molecule has 0 fully saturated rings. The van der Waals surface area contributed by atoms with Crippen LogP contribution in [0.15, 0.2) is 77.7 Å². The number of fused-ring (bicyclic) bond motifs is 1. The van der Waals surface area contributed by atoms with Crippen molar-refractivity contribution in [3.63, 3.8) is 0 Å². The van der Waals surface area contributed by atoms with Crippen molar-refractivity contribution in [3.8, 4) is 0 Å². The van der Waals surface area contributed by atoms with E-state index in [9.17, 15) is 13.2 Å². The quantitative estimate of drug-likeness (QED) is 0.564. The lowest BCUT2D eigenvalue weighted by Gasteiger charge is -2.36. The third-order valence-electron chi connectivity index (χ3n) is 5.46. The topological polar surface area (TPSA) is 57.7 Å². The van der Waals surface area contributed by atoms with Crippen molar-refractivity contribution in [1.29, 1.82) is 0 Å². The lowest BCUT2D eigenvalue weighted by Crippen LogP contribution is -2.50. The van der Waals surface area contributed by atoms with Gasteiger partial charge in [-0.25, -0.2) is 13.2 Å². The molecule has 3 aromatic rings. The number of aryl methyl sites for hydroxylation is 1. The van der Waals surface area contributed by atoms with Crippen LogP contribution in [0.3, 0.4) is 0 Å². The molecule has 1 aliphatic heterocycles. The maximum atomic E-state index is 13.5. The number of para-hydroxylation sites is 1. The molecule has 1 heterocycles. The van der Waals surface area contributed by atoms with E-state index in [4.69, 9.17) is 0 Å². The zero-order valence-electron chi connectivity index (χ0n) is 17.2. The van der Waals surface area contributed by atoms with Crippen molar-refractivity contribution < 1.29 is 13.2 Å². The number of anilines is 2. The molecule has 0 aromatic heterocycles. The molecule has 5 nitrogen and oxygen atoms in total. The van der Waals surface area contributed by atoms with E-state index in [0.29, 0.717) is 23.8 Å². The molecule has 0 saturated heterocycles. The summed E-state index contributed by atoms with van der Waals surface area (Å²) in [6.45, 7) is 6.41. The van der Waals surface area contributed by atoms with Gasteiger partial charge in [-0.1, -0.05) is 62.4 Å². The Morgan fingerprint density at radius 1 is 0.867 bits per heavy atom. The van der Waals surface area contributed by atoms with Gasteiger partial charge in [0.1, 0.15) is 4.90 Å². The van der Waals surface area contributed by atoms with E-state index < -0.39 is 16.1 Å². The number of carbonyl (C=O) groups is 1. The van der Waals surface area contributed by atoms with Crippen molar-refractivity contribution in [2.75, 3.05) is 9.21 Å². The predicted octanol–water partition coefficient (Wildman–Crippen LogP) is 5.45. The van der Waals surface area contributed by atoms with Gasteiger partial charge < -0.3 is 0 Å². The van der Waals surface area contributed by atoms with E-state index in [0.717, 1.165) is 21.0 Å². The van der Waals surface area contributed by atoms with Gasteiger partial charge in [0.25, 0.3) is 10.0 Å². The monoisotopic (exact) mass is 420 g/mol. The summed E-state index contributed by atoms with van der Waals surface area (Å²) in [5, 5.41) is 0. The molecule has 0 atom stereocenters. The number of nitrogens with zero attached hydrogens (tertiary/aromatic N) is 2. The average molecular weight is 421 g/mol. The minimum atomic E-state index is -4.01. The smallest absolute Gasteiger partial charge is 0.287 e. The Hall–Kier alpha value is -3.12. The molecule has 30 heavy (non-hydrogen) atoms. The molecule has 0 aliphatic carbocycles. The zero-order chi connectivity index (χ0) is 21.5. The molecular formula is C24H24N2O3S. The Labute approximate surface area is 177 Å². The first-order valence-electron chi connectivity index (χ1n) is 9.91. The van der Waals surface area contributed by atoms with Crippen LogP contribution >= 0.6 is 0 Å². The van der Waals surface area contributed by atoms with E-state index >= 15 is 0 Å². The molecule has 2 amide bonds. The number of benzene rings is 3. The van der Waals surface area contributed by atoms with Gasteiger partial charge in [0.2, 0.25) is 0 Å². The Balaban J connectivity index is 1.84. The van der Waals surface area contributed by atoms with Gasteiger partial charge in [-0.05, 0) is 53.8 Å². The van der Waals surface area contributed by atoms with Crippen molar-refractivity contribution >= 4 is 27.4 Å². The summed E-state index contributed by atoms with van der Waals surface area (Å²) in [6.07, 6.45) is 0. The van der Waals surface area contributed by atoms with E-state index in [2.05, 4.69) is 13.8 Å². The van der Waals surface area contributed by atoms with E-state index in [-0.39, 0.29) is 4.90 Å². The highest BCUT2D eigenvalue weighted by molar-refractivity contribution is 7.94. The van der Waals surface area contributed by atoms with Crippen LogP contribution in [-0.4, -0.2) is 14.4 Å². The van der Waals surface area contributed by atoms with Gasteiger partial charge in [0.15, 0.2) is 0 Å². The molecule has 0 saturated carbocycles. The second-order valence-electron chi connectivity index (χ2n) is 7.78. The van der Waals surface area contributed by atoms with Gasteiger partial charge in [-0.2, -0.15) is 4.31 Å². The number of rotatable bonds is 4. The molecule has 0 N–H and O–H groups in total. The minimum absolute atomic E-state index is 0.131. The van der Waals surface area contributed by atoms with E-state index in [1.54, 1.807) is 36.4 Å². The van der Waals surface area contributed by atoms with Crippen LogP contribution in [0.5, 0.6) is 0 Å². The number of carbonyl (C=O) groups excluding carboxylic acids is 1. The fourth-order valence-electron chi connectivity index (χ4n) is 3.67.